The van der Waals surface area contributed by atoms with Crippen molar-refractivity contribution in [2.24, 2.45) is 0 Å². The van der Waals surface area contributed by atoms with Gasteiger partial charge in [0.15, 0.2) is 6.10 Å². The molecule has 0 aromatic heterocycles. The average Bonchev–Trinajstić information content (AvgIpc) is 3.58. The Kier molecular flexibility index (Phi) is 32.2. The Labute approximate surface area is 318 Å². The number of carbonyl (C=O) groups is 4. The van der Waals surface area contributed by atoms with E-state index in [0.29, 0.717) is 12.8 Å². The molecular weight excluding hydrogens is 654 g/mol. The highest BCUT2D eigenvalue weighted by molar-refractivity contribution is 5.88. The molecule has 8 heteroatoms. The predicted molar refractivity (Wildman–Crippen MR) is 212 cm³/mol. The van der Waals surface area contributed by atoms with Crippen molar-refractivity contribution in [2.45, 2.75) is 219 Å². The summed E-state index contributed by atoms with van der Waals surface area (Å²) in [4.78, 5) is 49.0. The summed E-state index contributed by atoms with van der Waals surface area (Å²) in [5, 5.41) is 2.59. The first-order valence-electron chi connectivity index (χ1n) is 21.6. The molecule has 0 saturated carbocycles. The Morgan fingerprint density at radius 2 is 0.981 bits per heavy atom. The number of nitrogens with one attached hydrogen (secondary N) is 1. The fourth-order valence-electron chi connectivity index (χ4n) is 6.37. The quantitative estimate of drug-likeness (QED) is 0.0296. The van der Waals surface area contributed by atoms with E-state index in [9.17, 15) is 19.2 Å². The van der Waals surface area contributed by atoms with Gasteiger partial charge in [0.25, 0.3) is 0 Å². The smallest absolute Gasteiger partial charge is 0.328 e. The number of hydrogen-bond acceptors (Lipinski definition) is 7. The van der Waals surface area contributed by atoms with Gasteiger partial charge in [0.2, 0.25) is 5.91 Å². The van der Waals surface area contributed by atoms with E-state index in [4.69, 9.17) is 14.2 Å². The summed E-state index contributed by atoms with van der Waals surface area (Å²) in [6.07, 6.45) is 40.4. The van der Waals surface area contributed by atoms with Crippen molar-refractivity contribution in [1.82, 2.24) is 5.32 Å². The molecule has 0 aromatic carbocycles. The molecule has 1 aliphatic rings. The van der Waals surface area contributed by atoms with Gasteiger partial charge in [-0.15, -0.1) is 0 Å². The van der Waals surface area contributed by atoms with Gasteiger partial charge in [-0.05, 0) is 70.6 Å². The number of ether oxygens (including phenoxy) is 3. The fraction of sp³-hybridized carbons (Fsp3) is 0.818. The van der Waals surface area contributed by atoms with Crippen molar-refractivity contribution in [2.75, 3.05) is 13.2 Å². The lowest BCUT2D eigenvalue weighted by Crippen LogP contribution is -2.37. The summed E-state index contributed by atoms with van der Waals surface area (Å²) < 4.78 is 16.4. The van der Waals surface area contributed by atoms with E-state index in [2.05, 4.69) is 43.5 Å². The van der Waals surface area contributed by atoms with E-state index in [-0.39, 0.29) is 43.9 Å². The molecule has 0 radical (unpaired) electrons. The molecule has 0 bridgehead atoms. The average molecular weight is 732 g/mol. The van der Waals surface area contributed by atoms with E-state index < -0.39 is 18.1 Å². The zero-order valence-electron chi connectivity index (χ0n) is 33.4. The molecule has 1 amide bonds. The van der Waals surface area contributed by atoms with E-state index in [1.54, 1.807) is 0 Å². The number of unbranched alkanes of at least 4 members (excludes halogenated alkanes) is 22. The van der Waals surface area contributed by atoms with Crippen molar-refractivity contribution in [3.63, 3.8) is 0 Å². The second kappa shape index (κ2) is 35.4. The van der Waals surface area contributed by atoms with Crippen LogP contribution in [0.5, 0.6) is 0 Å². The van der Waals surface area contributed by atoms with Crippen molar-refractivity contribution in [3.05, 3.63) is 24.3 Å². The molecule has 0 aromatic rings. The van der Waals surface area contributed by atoms with Crippen LogP contribution in [0, 0.1) is 0 Å². The summed E-state index contributed by atoms with van der Waals surface area (Å²) in [7, 11) is 0. The summed E-state index contributed by atoms with van der Waals surface area (Å²) >= 11 is 0. The summed E-state index contributed by atoms with van der Waals surface area (Å²) in [6, 6.07) is -0.691. The van der Waals surface area contributed by atoms with Crippen LogP contribution in [0.1, 0.15) is 206 Å². The zero-order valence-corrected chi connectivity index (χ0v) is 33.4. The first kappa shape index (κ1) is 47.4. The zero-order chi connectivity index (χ0) is 37.7. The summed E-state index contributed by atoms with van der Waals surface area (Å²) in [5.41, 5.74) is 0. The van der Waals surface area contributed by atoms with Crippen molar-refractivity contribution in [1.29, 1.82) is 0 Å². The van der Waals surface area contributed by atoms with Crippen molar-refractivity contribution < 1.29 is 33.4 Å². The molecule has 8 nitrogen and oxygen atoms in total. The Hall–Kier alpha value is -2.64. The number of allylic oxidation sites excluding steroid dienone is 4. The van der Waals surface area contributed by atoms with Gasteiger partial charge in [-0.2, -0.15) is 0 Å². The van der Waals surface area contributed by atoms with E-state index in [0.717, 1.165) is 70.6 Å². The third-order valence-electron chi connectivity index (χ3n) is 9.71. The van der Waals surface area contributed by atoms with Gasteiger partial charge in [-0.25, -0.2) is 4.79 Å². The second-order valence-corrected chi connectivity index (χ2v) is 14.8. The molecule has 0 aliphatic carbocycles. The predicted octanol–water partition coefficient (Wildman–Crippen LogP) is 11.3. The third-order valence-corrected chi connectivity index (χ3v) is 9.71. The molecule has 1 N–H and O–H groups in total. The lowest BCUT2D eigenvalue weighted by atomic mass is 10.1. The van der Waals surface area contributed by atoms with E-state index in [1.165, 1.54) is 96.3 Å². The van der Waals surface area contributed by atoms with Crippen LogP contribution < -0.4 is 5.32 Å². The maximum Gasteiger partial charge on any atom is 0.328 e. The third kappa shape index (κ3) is 29.9. The minimum Gasteiger partial charge on any atom is -0.462 e. The Morgan fingerprint density at radius 1 is 0.577 bits per heavy atom. The summed E-state index contributed by atoms with van der Waals surface area (Å²) in [6.45, 7) is 4.12. The Balaban J connectivity index is 2.22. The largest absolute Gasteiger partial charge is 0.462 e. The minimum absolute atomic E-state index is 0.160. The normalized spacial score (nSPS) is 15.0. The number of hydrogen-bond donors (Lipinski definition) is 1. The van der Waals surface area contributed by atoms with Crippen LogP contribution in [0.2, 0.25) is 0 Å². The standard InChI is InChI=1S/C44H77NO7/c1-3-5-7-9-11-13-15-17-19-21-23-25-27-29-31-33-42(47)50-37-39(38-51-44(49)40-35-36-41(46)45-40)52-43(48)34-32-30-28-26-24-22-20-18-16-14-12-10-8-6-4-2/h17-20,39-40H,3-16,21-38H2,1-2H3,(H,45,46). The minimum atomic E-state index is -0.880. The van der Waals surface area contributed by atoms with E-state index in [1.807, 2.05) is 0 Å². The number of amides is 1. The van der Waals surface area contributed by atoms with Gasteiger partial charge in [-0.3, -0.25) is 14.4 Å². The molecule has 2 unspecified atom stereocenters. The SMILES string of the molecule is CCCCCCCCC=CCCCCCCCC(=O)OCC(COC(=O)C1CCC(=O)N1)OC(=O)CCCCCCCC=CCCCCCCCC. The highest BCUT2D eigenvalue weighted by atomic mass is 16.6. The Bertz CT molecular complexity index is 962. The monoisotopic (exact) mass is 732 g/mol. The highest BCUT2D eigenvalue weighted by Gasteiger charge is 2.29. The first-order chi connectivity index (χ1) is 25.5. The van der Waals surface area contributed by atoms with Gasteiger partial charge in [0, 0.05) is 19.3 Å². The molecular formula is C44H77NO7. The van der Waals surface area contributed by atoms with Crippen LogP contribution in [0.25, 0.3) is 0 Å². The highest BCUT2D eigenvalue weighted by Crippen LogP contribution is 2.14. The van der Waals surface area contributed by atoms with Gasteiger partial charge in [0.05, 0.1) is 0 Å². The van der Waals surface area contributed by atoms with E-state index >= 15 is 0 Å². The van der Waals surface area contributed by atoms with Crippen LogP contribution in [0.4, 0.5) is 0 Å². The molecule has 1 fully saturated rings. The number of esters is 3. The lowest BCUT2D eigenvalue weighted by Gasteiger charge is -2.19. The number of carbonyl (C=O) groups excluding carboxylic acids is 4. The maximum absolute atomic E-state index is 12.6. The van der Waals surface area contributed by atoms with Crippen molar-refractivity contribution in [3.8, 4) is 0 Å². The summed E-state index contributed by atoms with van der Waals surface area (Å²) in [5.74, 6) is -1.48. The first-order valence-corrected chi connectivity index (χ1v) is 21.6. The van der Waals surface area contributed by atoms with Crippen LogP contribution in [0.15, 0.2) is 24.3 Å². The molecule has 2 atom stereocenters. The van der Waals surface area contributed by atoms with Gasteiger partial charge >= 0.3 is 17.9 Å². The lowest BCUT2D eigenvalue weighted by molar-refractivity contribution is -0.167. The molecule has 1 aliphatic heterocycles. The Morgan fingerprint density at radius 3 is 1.42 bits per heavy atom. The molecule has 300 valence electrons. The second-order valence-electron chi connectivity index (χ2n) is 14.8. The maximum atomic E-state index is 12.6. The molecule has 1 heterocycles. The van der Waals surface area contributed by atoms with Gasteiger partial charge in [-0.1, -0.05) is 141 Å². The topological polar surface area (TPSA) is 108 Å². The van der Waals surface area contributed by atoms with Crippen LogP contribution >= 0.6 is 0 Å². The van der Waals surface area contributed by atoms with Gasteiger partial charge in [0.1, 0.15) is 19.3 Å². The van der Waals surface area contributed by atoms with Crippen LogP contribution in [-0.2, 0) is 33.4 Å². The molecule has 1 saturated heterocycles. The molecule has 1 rings (SSSR count). The van der Waals surface area contributed by atoms with Crippen LogP contribution in [0.3, 0.4) is 0 Å². The van der Waals surface area contributed by atoms with Crippen molar-refractivity contribution >= 4 is 23.8 Å². The van der Waals surface area contributed by atoms with Gasteiger partial charge < -0.3 is 19.5 Å². The fourth-order valence-corrected chi connectivity index (χ4v) is 6.37. The van der Waals surface area contributed by atoms with Crippen LogP contribution in [-0.4, -0.2) is 49.2 Å². The number of rotatable bonds is 36. The molecule has 0 spiro atoms. The molecule has 52 heavy (non-hydrogen) atoms.